The highest BCUT2D eigenvalue weighted by atomic mass is 19.4. The number of nitrogens with one attached hydrogen (secondary N) is 1. The second-order valence-electron chi connectivity index (χ2n) is 7.69. The van der Waals surface area contributed by atoms with Crippen LogP contribution in [-0.4, -0.2) is 42.5 Å². The van der Waals surface area contributed by atoms with E-state index in [0.717, 1.165) is 12.1 Å². The van der Waals surface area contributed by atoms with Gasteiger partial charge in [0.2, 0.25) is 0 Å². The first kappa shape index (κ1) is 16.9. The van der Waals surface area contributed by atoms with Crippen LogP contribution in [0.5, 0.6) is 5.75 Å². The van der Waals surface area contributed by atoms with E-state index in [4.69, 9.17) is 14.3 Å². The molecule has 1 fully saturated rings. The Morgan fingerprint density at radius 1 is 1.17 bits per heavy atom. The molecule has 1 aliphatic rings. The molecule has 4 rings (SSSR count). The maximum Gasteiger partial charge on any atom is 0.573 e. The molecule has 2 atom stereocenters. The van der Waals surface area contributed by atoms with Crippen LogP contribution in [0.15, 0.2) is 60.7 Å². The van der Waals surface area contributed by atoms with Crippen molar-refractivity contribution in [2.75, 3.05) is 23.2 Å². The van der Waals surface area contributed by atoms with Crippen LogP contribution in [-0.2, 0) is 4.74 Å². The molecule has 2 aromatic carbocycles. The third kappa shape index (κ3) is 6.10. The standard InChI is InChI=1S/C26H26F3N3O3/c1-16-14-32(15-17(2)34-16)24-12-9-20(13-30-24)31-25(33)23-6-4-5-22(18(23)3)19-7-10-21(11-8-19)35-26(27,28)29/h4-13,16-17H,14-15H2,1-3H3,(H,31,33)/t16-,17+/i9D,12D,13D,14D2,15D2. The number of nitrogens with zero attached hydrogens (tertiary/aromatic N) is 2. The third-order valence-corrected chi connectivity index (χ3v) is 5.03. The highest BCUT2D eigenvalue weighted by molar-refractivity contribution is 6.06. The number of aromatic nitrogens is 1. The highest BCUT2D eigenvalue weighted by Crippen LogP contribution is 2.30. The van der Waals surface area contributed by atoms with Crippen molar-refractivity contribution < 1.29 is 37.0 Å². The summed E-state index contributed by atoms with van der Waals surface area (Å²) in [6.07, 6.45) is -7.80. The van der Waals surface area contributed by atoms with Gasteiger partial charge in [0.15, 0.2) is 0 Å². The molecule has 6 nitrogen and oxygen atoms in total. The van der Waals surface area contributed by atoms with Gasteiger partial charge in [-0.25, -0.2) is 4.98 Å². The van der Waals surface area contributed by atoms with Gasteiger partial charge in [0.25, 0.3) is 5.91 Å². The van der Waals surface area contributed by atoms with Crippen molar-refractivity contribution in [2.45, 2.75) is 39.3 Å². The lowest BCUT2D eigenvalue weighted by Crippen LogP contribution is -2.45. The van der Waals surface area contributed by atoms with E-state index in [0.29, 0.717) is 21.6 Å². The number of benzene rings is 2. The molecule has 0 unspecified atom stereocenters. The van der Waals surface area contributed by atoms with E-state index < -0.39 is 73.0 Å². The van der Waals surface area contributed by atoms with E-state index in [1.807, 2.05) is 0 Å². The Labute approximate surface area is 211 Å². The van der Waals surface area contributed by atoms with E-state index in [2.05, 4.69) is 15.0 Å². The van der Waals surface area contributed by atoms with Crippen LogP contribution in [0, 0.1) is 6.92 Å². The average molecular weight is 493 g/mol. The van der Waals surface area contributed by atoms with Gasteiger partial charge in [-0.15, -0.1) is 13.2 Å². The Morgan fingerprint density at radius 3 is 2.51 bits per heavy atom. The van der Waals surface area contributed by atoms with Gasteiger partial charge in [-0.3, -0.25) is 4.79 Å². The molecule has 0 bridgehead atoms. The number of morpholine rings is 1. The van der Waals surface area contributed by atoms with Crippen LogP contribution in [0.1, 0.15) is 39.4 Å². The minimum Gasteiger partial charge on any atom is -0.406 e. The number of amides is 1. The molecule has 3 aromatic rings. The Bertz CT molecular complexity index is 1500. The smallest absolute Gasteiger partial charge is 0.406 e. The highest BCUT2D eigenvalue weighted by Gasteiger charge is 2.31. The summed E-state index contributed by atoms with van der Waals surface area (Å²) in [5, 5.41) is 2.41. The Kier molecular flexibility index (Phi) is 4.82. The number of carbonyl (C=O) groups is 1. The number of hydrogen-bond donors (Lipinski definition) is 1. The lowest BCUT2D eigenvalue weighted by molar-refractivity contribution is -0.274. The maximum absolute atomic E-state index is 13.3. The number of halogens is 3. The zero-order valence-electron chi connectivity index (χ0n) is 25.9. The van der Waals surface area contributed by atoms with Crippen molar-refractivity contribution in [3.05, 3.63) is 71.8 Å². The minimum absolute atomic E-state index is 0.112. The molecular formula is C26H26F3N3O3. The average Bonchev–Trinajstić information content (AvgIpc) is 2.88. The second-order valence-corrected chi connectivity index (χ2v) is 7.69. The van der Waals surface area contributed by atoms with Crippen molar-refractivity contribution in [1.82, 2.24) is 4.98 Å². The third-order valence-electron chi connectivity index (χ3n) is 5.03. The molecule has 0 aliphatic carbocycles. The molecule has 1 aromatic heterocycles. The van der Waals surface area contributed by atoms with E-state index in [-0.39, 0.29) is 5.56 Å². The molecule has 1 saturated heterocycles. The largest absolute Gasteiger partial charge is 0.573 e. The number of ether oxygens (including phenoxy) is 2. The molecule has 0 radical (unpaired) electrons. The van der Waals surface area contributed by atoms with Crippen molar-refractivity contribution in [1.29, 1.82) is 0 Å². The van der Waals surface area contributed by atoms with Crippen LogP contribution in [0.4, 0.5) is 24.7 Å². The summed E-state index contributed by atoms with van der Waals surface area (Å²) in [6.45, 7) is -0.591. The monoisotopic (exact) mass is 492 g/mol. The van der Waals surface area contributed by atoms with Crippen LogP contribution in [0.25, 0.3) is 11.1 Å². The van der Waals surface area contributed by atoms with Gasteiger partial charge in [0, 0.05) is 18.6 Å². The van der Waals surface area contributed by atoms with Gasteiger partial charge in [-0.1, -0.05) is 24.3 Å². The molecule has 0 saturated carbocycles. The lowest BCUT2D eigenvalue weighted by Gasteiger charge is -2.36. The Balaban J connectivity index is 1.66. The molecule has 9 heteroatoms. The first-order valence-corrected chi connectivity index (χ1v) is 10.6. The van der Waals surface area contributed by atoms with E-state index >= 15 is 0 Å². The summed E-state index contributed by atoms with van der Waals surface area (Å²) in [5.41, 5.74) is 1.12. The van der Waals surface area contributed by atoms with Crippen molar-refractivity contribution in [3.63, 3.8) is 0 Å². The SMILES string of the molecule is [2H]c1nc(N2C([2H])([2H])[C@H](C)O[C@H](C)C2([2H])[2H])c([2H])c([2H])c1NC(=O)c1cccc(-c2ccc(OC(F)(F)F)cc2)c1C. The molecular weight excluding hydrogens is 459 g/mol. The molecule has 35 heavy (non-hydrogen) atoms. The lowest BCUT2D eigenvalue weighted by atomic mass is 9.96. The number of rotatable bonds is 5. The zero-order valence-corrected chi connectivity index (χ0v) is 18.9. The maximum atomic E-state index is 13.3. The summed E-state index contributed by atoms with van der Waals surface area (Å²) in [6, 6.07) is 8.35. The van der Waals surface area contributed by atoms with Crippen molar-refractivity contribution >= 4 is 17.4 Å². The molecule has 0 spiro atoms. The van der Waals surface area contributed by atoms with Crippen LogP contribution in [0.3, 0.4) is 0 Å². The summed E-state index contributed by atoms with van der Waals surface area (Å²) >= 11 is 0. The number of carbonyl (C=O) groups excluding carboxylic acids is 1. The summed E-state index contributed by atoms with van der Waals surface area (Å²) in [4.78, 5) is 17.8. The number of anilines is 2. The van der Waals surface area contributed by atoms with E-state index in [1.54, 1.807) is 19.1 Å². The predicted octanol–water partition coefficient (Wildman–Crippen LogP) is 5.82. The van der Waals surface area contributed by atoms with Gasteiger partial charge >= 0.3 is 6.36 Å². The first-order chi connectivity index (χ1) is 19.4. The predicted molar refractivity (Wildman–Crippen MR) is 128 cm³/mol. The quantitative estimate of drug-likeness (QED) is 0.486. The summed E-state index contributed by atoms with van der Waals surface area (Å²) in [7, 11) is 0. The Morgan fingerprint density at radius 2 is 1.86 bits per heavy atom. The zero-order chi connectivity index (χ0) is 31.4. The van der Waals surface area contributed by atoms with E-state index in [9.17, 15) is 18.0 Å². The molecule has 1 amide bonds. The van der Waals surface area contributed by atoms with Crippen LogP contribution < -0.4 is 15.0 Å². The fourth-order valence-corrected chi connectivity index (χ4v) is 3.55. The number of alkyl halides is 3. The fourth-order valence-electron chi connectivity index (χ4n) is 3.55. The van der Waals surface area contributed by atoms with Crippen molar-refractivity contribution in [3.8, 4) is 16.9 Å². The molecule has 184 valence electrons. The van der Waals surface area contributed by atoms with Gasteiger partial charge in [0.05, 0.1) is 33.7 Å². The van der Waals surface area contributed by atoms with Gasteiger partial charge in [0.1, 0.15) is 11.6 Å². The second kappa shape index (κ2) is 9.95. The van der Waals surface area contributed by atoms with Gasteiger partial charge < -0.3 is 19.7 Å². The van der Waals surface area contributed by atoms with Crippen LogP contribution >= 0.6 is 0 Å². The Hall–Kier alpha value is -3.59. The number of pyridine rings is 1. The number of hydrogen-bond acceptors (Lipinski definition) is 5. The van der Waals surface area contributed by atoms with Crippen LogP contribution in [0.2, 0.25) is 0 Å². The molecule has 1 N–H and O–H groups in total. The topological polar surface area (TPSA) is 63.7 Å². The molecule has 2 heterocycles. The fraction of sp³-hybridized carbons (Fsp3) is 0.308. The first-order valence-electron chi connectivity index (χ1n) is 14.1. The van der Waals surface area contributed by atoms with E-state index in [1.165, 1.54) is 32.0 Å². The normalized spacial score (nSPS) is 24.1. The summed E-state index contributed by atoms with van der Waals surface area (Å²) < 4.78 is 106. The van der Waals surface area contributed by atoms with Gasteiger partial charge in [-0.05, 0) is 67.7 Å². The van der Waals surface area contributed by atoms with Gasteiger partial charge in [-0.2, -0.15) is 0 Å². The summed E-state index contributed by atoms with van der Waals surface area (Å²) in [5.74, 6) is -1.76. The minimum atomic E-state index is -4.84. The van der Waals surface area contributed by atoms with Crippen molar-refractivity contribution in [2.24, 2.45) is 0 Å². The molecule has 1 aliphatic heterocycles.